The molecule has 3 aliphatic heterocycles. The molecule has 1 aromatic carbocycles. The zero-order valence-corrected chi connectivity index (χ0v) is 20.7. The molecule has 4 heterocycles. The number of amides is 1. The van der Waals surface area contributed by atoms with Gasteiger partial charge in [0.05, 0.1) is 17.5 Å². The quantitative estimate of drug-likeness (QED) is 0.416. The molecule has 1 amide bonds. The van der Waals surface area contributed by atoms with Gasteiger partial charge in [-0.05, 0) is 55.8 Å². The topological polar surface area (TPSA) is 77.0 Å². The summed E-state index contributed by atoms with van der Waals surface area (Å²) in [7, 11) is 0. The Balaban J connectivity index is 1.56. The van der Waals surface area contributed by atoms with Crippen LogP contribution in [0.3, 0.4) is 0 Å². The first-order valence-electron chi connectivity index (χ1n) is 10.5. The van der Waals surface area contributed by atoms with Gasteiger partial charge in [-0.15, -0.1) is 0 Å². The molecule has 0 aliphatic carbocycles. The SMILES string of the molecule is CSc1nc(N2CC3CCC(C2)N3C(=O)OC(C)(C)C)c2c3c(c(Br)c(F)c2n1)OCO3. The smallest absolute Gasteiger partial charge is 0.410 e. The maximum atomic E-state index is 15.2. The number of ether oxygens (including phenoxy) is 3. The van der Waals surface area contributed by atoms with E-state index < -0.39 is 11.4 Å². The average molecular weight is 527 g/mol. The normalized spacial score (nSPS) is 22.1. The van der Waals surface area contributed by atoms with E-state index in [-0.39, 0.29) is 35.0 Å². The number of nitrogens with zero attached hydrogens (tertiary/aromatic N) is 4. The summed E-state index contributed by atoms with van der Waals surface area (Å²) in [6, 6.07) is -0.00582. The Morgan fingerprint density at radius 3 is 2.47 bits per heavy atom. The molecule has 0 radical (unpaired) electrons. The van der Waals surface area contributed by atoms with Crippen LogP contribution in [-0.4, -0.2) is 64.8 Å². The maximum absolute atomic E-state index is 15.2. The van der Waals surface area contributed by atoms with Gasteiger partial charge >= 0.3 is 6.09 Å². The van der Waals surface area contributed by atoms with Gasteiger partial charge in [0.25, 0.3) is 0 Å². The van der Waals surface area contributed by atoms with Crippen molar-refractivity contribution in [2.75, 3.05) is 31.0 Å². The molecule has 2 unspecified atom stereocenters. The number of benzene rings is 1. The van der Waals surface area contributed by atoms with Crippen molar-refractivity contribution in [2.24, 2.45) is 0 Å². The number of hydrogen-bond donors (Lipinski definition) is 0. The van der Waals surface area contributed by atoms with Gasteiger partial charge in [0.1, 0.15) is 21.4 Å². The number of hydrogen-bond acceptors (Lipinski definition) is 8. The Labute approximate surface area is 197 Å². The van der Waals surface area contributed by atoms with E-state index in [4.69, 9.17) is 19.2 Å². The van der Waals surface area contributed by atoms with E-state index in [1.54, 1.807) is 0 Å². The van der Waals surface area contributed by atoms with Crippen molar-refractivity contribution in [2.45, 2.75) is 56.5 Å². The Morgan fingerprint density at radius 1 is 1.19 bits per heavy atom. The number of carbonyl (C=O) groups is 1. The second-order valence-electron chi connectivity index (χ2n) is 9.13. The molecule has 2 aromatic rings. The molecule has 11 heteroatoms. The van der Waals surface area contributed by atoms with Gasteiger partial charge in [-0.3, -0.25) is 4.90 Å². The predicted octanol–water partition coefficient (Wildman–Crippen LogP) is 4.57. The lowest BCUT2D eigenvalue weighted by atomic mass is 10.1. The third-order valence-corrected chi connectivity index (χ3v) is 7.13. The molecule has 0 saturated carbocycles. The fraction of sp³-hybridized carbons (Fsp3) is 0.571. The summed E-state index contributed by atoms with van der Waals surface area (Å²) >= 11 is 4.63. The molecule has 32 heavy (non-hydrogen) atoms. The van der Waals surface area contributed by atoms with Gasteiger partial charge in [0.15, 0.2) is 22.5 Å². The third kappa shape index (κ3) is 3.53. The molecule has 2 saturated heterocycles. The molecule has 0 N–H and O–H groups in total. The number of halogens is 2. The second-order valence-corrected chi connectivity index (χ2v) is 10.7. The van der Waals surface area contributed by atoms with Crippen molar-refractivity contribution in [3.8, 4) is 11.5 Å². The minimum atomic E-state index is -0.549. The van der Waals surface area contributed by atoms with Crippen molar-refractivity contribution in [3.63, 3.8) is 0 Å². The Kier molecular flexibility index (Phi) is 5.31. The van der Waals surface area contributed by atoms with Crippen LogP contribution in [0.1, 0.15) is 33.6 Å². The molecular weight excluding hydrogens is 503 g/mol. The summed E-state index contributed by atoms with van der Waals surface area (Å²) < 4.78 is 32.3. The van der Waals surface area contributed by atoms with Crippen LogP contribution >= 0.6 is 27.7 Å². The summed E-state index contributed by atoms with van der Waals surface area (Å²) in [5.74, 6) is 0.872. The van der Waals surface area contributed by atoms with Crippen LogP contribution in [0.25, 0.3) is 10.9 Å². The van der Waals surface area contributed by atoms with Gasteiger partial charge in [0, 0.05) is 13.1 Å². The first-order valence-corrected chi connectivity index (χ1v) is 12.5. The Morgan fingerprint density at radius 2 is 1.84 bits per heavy atom. The molecule has 2 fully saturated rings. The van der Waals surface area contributed by atoms with E-state index in [2.05, 4.69) is 25.8 Å². The second kappa shape index (κ2) is 7.79. The lowest BCUT2D eigenvalue weighted by Crippen LogP contribution is -2.57. The Hall–Kier alpha value is -2.01. The van der Waals surface area contributed by atoms with Crippen molar-refractivity contribution in [1.29, 1.82) is 0 Å². The summed E-state index contributed by atoms with van der Waals surface area (Å²) in [6.07, 6.45) is 3.34. The van der Waals surface area contributed by atoms with Crippen LogP contribution in [0.4, 0.5) is 15.0 Å². The van der Waals surface area contributed by atoms with Gasteiger partial charge in [0.2, 0.25) is 6.79 Å². The van der Waals surface area contributed by atoms with Crippen LogP contribution < -0.4 is 14.4 Å². The van der Waals surface area contributed by atoms with Crippen molar-refractivity contribution in [3.05, 3.63) is 10.3 Å². The summed E-state index contributed by atoms with van der Waals surface area (Å²) in [6.45, 7) is 6.76. The minimum Gasteiger partial charge on any atom is -0.453 e. The molecule has 2 atom stereocenters. The highest BCUT2D eigenvalue weighted by Gasteiger charge is 2.45. The van der Waals surface area contributed by atoms with E-state index in [1.165, 1.54) is 11.8 Å². The largest absolute Gasteiger partial charge is 0.453 e. The van der Waals surface area contributed by atoms with Crippen LogP contribution in [0.2, 0.25) is 0 Å². The monoisotopic (exact) mass is 526 g/mol. The van der Waals surface area contributed by atoms with Crippen LogP contribution in [0, 0.1) is 5.82 Å². The number of thioether (sulfide) groups is 1. The number of rotatable bonds is 2. The maximum Gasteiger partial charge on any atom is 0.410 e. The summed E-state index contributed by atoms with van der Waals surface area (Å²) in [5.41, 5.74) is -0.357. The van der Waals surface area contributed by atoms with Crippen molar-refractivity contribution < 1.29 is 23.4 Å². The van der Waals surface area contributed by atoms with Gasteiger partial charge < -0.3 is 19.1 Å². The van der Waals surface area contributed by atoms with E-state index in [1.807, 2.05) is 31.9 Å². The van der Waals surface area contributed by atoms with Crippen LogP contribution in [0.5, 0.6) is 11.5 Å². The van der Waals surface area contributed by atoms with Crippen LogP contribution in [-0.2, 0) is 4.74 Å². The highest BCUT2D eigenvalue weighted by Crippen LogP contribution is 2.49. The van der Waals surface area contributed by atoms with Gasteiger partial charge in [-0.1, -0.05) is 11.8 Å². The predicted molar refractivity (Wildman–Crippen MR) is 122 cm³/mol. The standard InChI is InChI=1S/C21H24BrFN4O4S/c1-21(2,3)31-20(28)27-10-5-6-11(27)8-26(7-10)18-12-15(24-19(25-18)32-4)14(23)13(22)17-16(12)29-9-30-17/h10-11H,5-9H2,1-4H3. The summed E-state index contributed by atoms with van der Waals surface area (Å²) in [5, 5.41) is 0.972. The van der Waals surface area contributed by atoms with Gasteiger partial charge in [-0.2, -0.15) is 0 Å². The lowest BCUT2D eigenvalue weighted by Gasteiger charge is -2.42. The van der Waals surface area contributed by atoms with E-state index >= 15 is 4.39 Å². The number of piperazine rings is 1. The molecule has 172 valence electrons. The highest BCUT2D eigenvalue weighted by molar-refractivity contribution is 9.10. The van der Waals surface area contributed by atoms with Crippen molar-refractivity contribution in [1.82, 2.24) is 14.9 Å². The molecular formula is C21H24BrFN4O4S. The molecule has 1 aromatic heterocycles. The fourth-order valence-electron chi connectivity index (χ4n) is 4.64. The van der Waals surface area contributed by atoms with E-state index in [0.717, 1.165) is 12.8 Å². The zero-order valence-electron chi connectivity index (χ0n) is 18.3. The molecule has 5 rings (SSSR count). The number of anilines is 1. The first-order chi connectivity index (χ1) is 15.2. The van der Waals surface area contributed by atoms with Gasteiger partial charge in [-0.25, -0.2) is 19.2 Å². The van der Waals surface area contributed by atoms with Crippen molar-refractivity contribution >= 4 is 50.5 Å². The fourth-order valence-corrected chi connectivity index (χ4v) is 5.48. The number of aromatic nitrogens is 2. The number of carbonyl (C=O) groups excluding carboxylic acids is 1. The molecule has 3 aliphatic rings. The highest BCUT2D eigenvalue weighted by atomic mass is 79.9. The van der Waals surface area contributed by atoms with E-state index in [9.17, 15) is 4.79 Å². The molecule has 0 spiro atoms. The summed E-state index contributed by atoms with van der Waals surface area (Å²) in [4.78, 5) is 26.0. The lowest BCUT2D eigenvalue weighted by molar-refractivity contribution is 0.0123. The molecule has 2 bridgehead atoms. The average Bonchev–Trinajstić information content (AvgIpc) is 3.32. The molecule has 8 nitrogen and oxygen atoms in total. The minimum absolute atomic E-state index is 0.00291. The number of fused-ring (bicyclic) bond motifs is 5. The first kappa shape index (κ1) is 21.8. The zero-order chi connectivity index (χ0) is 22.8. The van der Waals surface area contributed by atoms with Crippen LogP contribution in [0.15, 0.2) is 9.63 Å². The van der Waals surface area contributed by atoms with E-state index in [0.29, 0.717) is 40.9 Å². The Bertz CT molecular complexity index is 1100. The third-order valence-electron chi connectivity index (χ3n) is 5.88.